The summed E-state index contributed by atoms with van der Waals surface area (Å²) in [6, 6.07) is 14.2. The lowest BCUT2D eigenvalue weighted by Gasteiger charge is -2.31. The second-order valence-corrected chi connectivity index (χ2v) is 7.60. The fraction of sp³-hybridized carbons (Fsp3) is 0.364. The summed E-state index contributed by atoms with van der Waals surface area (Å²) in [7, 11) is 0. The lowest BCUT2D eigenvalue weighted by molar-refractivity contribution is -0.143. The molecular formula is C22H24N2O2. The maximum absolute atomic E-state index is 13.1. The van der Waals surface area contributed by atoms with Crippen LogP contribution in [0.25, 0.3) is 0 Å². The Balaban J connectivity index is 1.51. The summed E-state index contributed by atoms with van der Waals surface area (Å²) in [5.74, 6) is -0.176. The number of rotatable bonds is 3. The maximum Gasteiger partial charge on any atom is 0.240 e. The van der Waals surface area contributed by atoms with E-state index in [0.29, 0.717) is 25.9 Å². The molecule has 0 spiro atoms. The summed E-state index contributed by atoms with van der Waals surface area (Å²) in [6.07, 6.45) is 2.14. The van der Waals surface area contributed by atoms with Gasteiger partial charge in [-0.15, -0.1) is 0 Å². The topological polar surface area (TPSA) is 49.4 Å². The monoisotopic (exact) mass is 348 g/mol. The Bertz CT molecular complexity index is 883. The van der Waals surface area contributed by atoms with Crippen LogP contribution >= 0.6 is 0 Å². The van der Waals surface area contributed by atoms with Gasteiger partial charge in [0.05, 0.1) is 0 Å². The van der Waals surface area contributed by atoms with Crippen LogP contribution in [0.4, 0.5) is 5.69 Å². The zero-order chi connectivity index (χ0) is 18.3. The molecule has 134 valence electrons. The number of fused-ring (bicyclic) bond motifs is 1. The first kappa shape index (κ1) is 16.8. The molecule has 0 aromatic heterocycles. The Morgan fingerprint density at radius 2 is 1.77 bits per heavy atom. The van der Waals surface area contributed by atoms with Gasteiger partial charge >= 0.3 is 0 Å². The molecule has 1 aliphatic carbocycles. The van der Waals surface area contributed by atoms with Gasteiger partial charge in [-0.25, -0.2) is 0 Å². The molecular weight excluding hydrogens is 324 g/mol. The molecule has 2 aromatic rings. The molecule has 4 nitrogen and oxygen atoms in total. The molecule has 0 radical (unpaired) electrons. The Labute approximate surface area is 154 Å². The molecule has 4 rings (SSSR count). The van der Waals surface area contributed by atoms with Gasteiger partial charge in [-0.2, -0.15) is 0 Å². The number of aryl methyl sites for hydroxylation is 2. The predicted molar refractivity (Wildman–Crippen MR) is 102 cm³/mol. The van der Waals surface area contributed by atoms with Crippen LogP contribution in [0.1, 0.15) is 35.1 Å². The van der Waals surface area contributed by atoms with Crippen LogP contribution in [-0.2, 0) is 22.6 Å². The van der Waals surface area contributed by atoms with Crippen molar-refractivity contribution in [1.82, 2.24) is 4.90 Å². The zero-order valence-corrected chi connectivity index (χ0v) is 15.3. The number of carbonyl (C=O) groups is 2. The molecule has 0 saturated heterocycles. The summed E-state index contributed by atoms with van der Waals surface area (Å²) in [5, 5.41) is 3.01. The Morgan fingerprint density at radius 1 is 1.04 bits per heavy atom. The standard InChI is InChI=1S/C22H24N2O2/c1-15-7-8-16(2)19(13-15)23-20(25)22(10-11-22)21(26)24-12-9-17-5-3-4-6-18(17)14-24/h3-8,13H,9-12,14H2,1-2H3,(H,23,25). The van der Waals surface area contributed by atoms with E-state index in [-0.39, 0.29) is 11.8 Å². The van der Waals surface area contributed by atoms with Gasteiger partial charge in [0.1, 0.15) is 5.41 Å². The molecule has 1 N–H and O–H groups in total. The number of nitrogens with one attached hydrogen (secondary N) is 1. The first-order valence-electron chi connectivity index (χ1n) is 9.24. The summed E-state index contributed by atoms with van der Waals surface area (Å²) in [6.45, 7) is 5.26. The largest absolute Gasteiger partial charge is 0.337 e. The zero-order valence-electron chi connectivity index (χ0n) is 15.3. The van der Waals surface area contributed by atoms with E-state index in [9.17, 15) is 9.59 Å². The van der Waals surface area contributed by atoms with Crippen LogP contribution in [0.15, 0.2) is 42.5 Å². The van der Waals surface area contributed by atoms with Crippen LogP contribution < -0.4 is 5.32 Å². The highest BCUT2D eigenvalue weighted by atomic mass is 16.2. The highest BCUT2D eigenvalue weighted by Crippen LogP contribution is 2.48. The summed E-state index contributed by atoms with van der Waals surface area (Å²) < 4.78 is 0. The minimum atomic E-state index is -0.873. The molecule has 4 heteroatoms. The van der Waals surface area contributed by atoms with Crippen LogP contribution in [0.2, 0.25) is 0 Å². The van der Waals surface area contributed by atoms with E-state index in [1.165, 1.54) is 11.1 Å². The third-order valence-corrected chi connectivity index (χ3v) is 5.65. The highest BCUT2D eigenvalue weighted by molar-refractivity contribution is 6.13. The maximum atomic E-state index is 13.1. The Hall–Kier alpha value is -2.62. The van der Waals surface area contributed by atoms with Crippen LogP contribution in [0.5, 0.6) is 0 Å². The predicted octanol–water partition coefficient (Wildman–Crippen LogP) is 3.61. The fourth-order valence-electron chi connectivity index (χ4n) is 3.75. The van der Waals surface area contributed by atoms with Crippen LogP contribution in [0, 0.1) is 19.3 Å². The quantitative estimate of drug-likeness (QED) is 0.862. The van der Waals surface area contributed by atoms with Crippen molar-refractivity contribution >= 4 is 17.5 Å². The summed E-state index contributed by atoms with van der Waals surface area (Å²) in [4.78, 5) is 27.9. The van der Waals surface area contributed by atoms with Gasteiger partial charge in [-0.1, -0.05) is 36.4 Å². The molecule has 2 amide bonds. The molecule has 1 fully saturated rings. The number of nitrogens with zero attached hydrogens (tertiary/aromatic N) is 1. The average Bonchev–Trinajstić information content (AvgIpc) is 3.46. The van der Waals surface area contributed by atoms with Crippen molar-refractivity contribution < 1.29 is 9.59 Å². The fourth-order valence-corrected chi connectivity index (χ4v) is 3.75. The van der Waals surface area contributed by atoms with E-state index < -0.39 is 5.41 Å². The second kappa shape index (κ2) is 6.27. The highest BCUT2D eigenvalue weighted by Gasteiger charge is 2.58. The summed E-state index contributed by atoms with van der Waals surface area (Å²) >= 11 is 0. The number of benzene rings is 2. The van der Waals surface area contributed by atoms with E-state index >= 15 is 0 Å². The SMILES string of the molecule is Cc1ccc(C)c(NC(=O)C2(C(=O)N3CCc4ccccc4C3)CC2)c1. The van der Waals surface area contributed by atoms with Gasteiger partial charge in [-0.3, -0.25) is 9.59 Å². The van der Waals surface area contributed by atoms with E-state index in [2.05, 4.69) is 17.4 Å². The molecule has 1 heterocycles. The number of amides is 2. The van der Waals surface area contributed by atoms with Crippen LogP contribution in [-0.4, -0.2) is 23.3 Å². The van der Waals surface area contributed by atoms with Gasteiger partial charge in [-0.05, 0) is 61.4 Å². The minimum Gasteiger partial charge on any atom is -0.337 e. The van der Waals surface area contributed by atoms with Gasteiger partial charge in [0.25, 0.3) is 0 Å². The lowest BCUT2D eigenvalue weighted by Crippen LogP contribution is -2.45. The molecule has 1 aliphatic heterocycles. The van der Waals surface area contributed by atoms with Crippen molar-refractivity contribution in [1.29, 1.82) is 0 Å². The molecule has 0 atom stereocenters. The molecule has 0 unspecified atom stereocenters. The van der Waals surface area contributed by atoms with E-state index in [0.717, 1.165) is 23.2 Å². The number of carbonyl (C=O) groups excluding carboxylic acids is 2. The van der Waals surface area contributed by atoms with Crippen molar-refractivity contribution in [2.45, 2.75) is 39.7 Å². The van der Waals surface area contributed by atoms with Crippen molar-refractivity contribution in [3.8, 4) is 0 Å². The van der Waals surface area contributed by atoms with E-state index in [1.54, 1.807) is 0 Å². The number of anilines is 1. The third-order valence-electron chi connectivity index (χ3n) is 5.65. The Morgan fingerprint density at radius 3 is 2.50 bits per heavy atom. The lowest BCUT2D eigenvalue weighted by atomic mass is 9.96. The minimum absolute atomic E-state index is 0.0187. The van der Waals surface area contributed by atoms with E-state index in [1.807, 2.05) is 49.1 Å². The smallest absolute Gasteiger partial charge is 0.240 e. The molecule has 1 saturated carbocycles. The van der Waals surface area contributed by atoms with Crippen molar-refractivity contribution in [3.05, 3.63) is 64.7 Å². The van der Waals surface area contributed by atoms with E-state index in [4.69, 9.17) is 0 Å². The number of hydrogen-bond acceptors (Lipinski definition) is 2. The summed E-state index contributed by atoms with van der Waals surface area (Å²) in [5.41, 5.74) is 4.54. The van der Waals surface area contributed by atoms with Crippen molar-refractivity contribution in [2.75, 3.05) is 11.9 Å². The number of hydrogen-bond donors (Lipinski definition) is 1. The average molecular weight is 348 g/mol. The van der Waals surface area contributed by atoms with Gasteiger partial charge in [0, 0.05) is 18.8 Å². The molecule has 0 bridgehead atoms. The van der Waals surface area contributed by atoms with Crippen molar-refractivity contribution in [3.63, 3.8) is 0 Å². The van der Waals surface area contributed by atoms with Gasteiger partial charge in [0.15, 0.2) is 0 Å². The molecule has 2 aromatic carbocycles. The first-order valence-corrected chi connectivity index (χ1v) is 9.24. The Kier molecular flexibility index (Phi) is 4.06. The second-order valence-electron chi connectivity index (χ2n) is 7.60. The normalized spacial score (nSPS) is 17.4. The van der Waals surface area contributed by atoms with Gasteiger partial charge < -0.3 is 10.2 Å². The van der Waals surface area contributed by atoms with Crippen LogP contribution in [0.3, 0.4) is 0 Å². The molecule has 2 aliphatic rings. The first-order chi connectivity index (χ1) is 12.5. The molecule has 26 heavy (non-hydrogen) atoms. The van der Waals surface area contributed by atoms with Gasteiger partial charge in [0.2, 0.25) is 11.8 Å². The third kappa shape index (κ3) is 2.90. The van der Waals surface area contributed by atoms with Crippen molar-refractivity contribution in [2.24, 2.45) is 5.41 Å².